The number of rotatable bonds is 4. The van der Waals surface area contributed by atoms with Crippen molar-refractivity contribution in [2.75, 3.05) is 0 Å². The van der Waals surface area contributed by atoms with Crippen molar-refractivity contribution in [1.82, 2.24) is 0 Å². The Kier molecular flexibility index (Phi) is 4.25. The second-order valence-corrected chi connectivity index (χ2v) is 4.07. The van der Waals surface area contributed by atoms with Gasteiger partial charge in [0.25, 0.3) is 6.43 Å². The van der Waals surface area contributed by atoms with E-state index in [9.17, 15) is 13.6 Å². The lowest BCUT2D eigenvalue weighted by atomic mass is 10.0. The molecule has 0 aromatic heterocycles. The third-order valence-electron chi connectivity index (χ3n) is 2.74. The molecule has 0 N–H and O–H groups in total. The number of hydrogen-bond donors (Lipinski definition) is 0. The summed E-state index contributed by atoms with van der Waals surface area (Å²) in [5, 5.41) is 0. The zero-order valence-corrected chi connectivity index (χ0v) is 10.6. The fourth-order valence-corrected chi connectivity index (χ4v) is 1.69. The molecule has 2 rings (SSSR count). The molecule has 0 fully saturated rings. The molecule has 0 saturated heterocycles. The van der Waals surface area contributed by atoms with Crippen molar-refractivity contribution < 1.29 is 18.3 Å². The van der Waals surface area contributed by atoms with Gasteiger partial charge in [-0.25, -0.2) is 13.6 Å². The van der Waals surface area contributed by atoms with E-state index in [1.165, 1.54) is 12.1 Å². The van der Waals surface area contributed by atoms with E-state index in [2.05, 4.69) is 6.58 Å². The number of ether oxygens (including phenoxy) is 1. The van der Waals surface area contributed by atoms with Gasteiger partial charge in [0.1, 0.15) is 5.75 Å². The van der Waals surface area contributed by atoms with Crippen LogP contribution in [0.25, 0.3) is 11.1 Å². The Morgan fingerprint density at radius 2 is 1.50 bits per heavy atom. The lowest BCUT2D eigenvalue weighted by Crippen LogP contribution is -2.02. The third kappa shape index (κ3) is 3.29. The van der Waals surface area contributed by atoms with Gasteiger partial charge in [-0.2, -0.15) is 0 Å². The fourth-order valence-electron chi connectivity index (χ4n) is 1.69. The van der Waals surface area contributed by atoms with Crippen LogP contribution in [0.15, 0.2) is 61.2 Å². The highest BCUT2D eigenvalue weighted by Crippen LogP contribution is 2.25. The van der Waals surface area contributed by atoms with Crippen LogP contribution in [0.2, 0.25) is 0 Å². The molecule has 2 nitrogen and oxygen atoms in total. The predicted octanol–water partition coefficient (Wildman–Crippen LogP) is 4.38. The second-order valence-electron chi connectivity index (χ2n) is 4.07. The SMILES string of the molecule is C=CC(=O)Oc1ccc(-c2ccc(C(F)F)cc2)cc1. The minimum absolute atomic E-state index is 0.00900. The van der Waals surface area contributed by atoms with E-state index >= 15 is 0 Å². The molecular weight excluding hydrogens is 262 g/mol. The molecule has 20 heavy (non-hydrogen) atoms. The lowest BCUT2D eigenvalue weighted by molar-refractivity contribution is -0.128. The summed E-state index contributed by atoms with van der Waals surface area (Å²) in [5.74, 6) is -0.123. The van der Waals surface area contributed by atoms with Crippen LogP contribution in [0, 0.1) is 0 Å². The van der Waals surface area contributed by atoms with Crippen molar-refractivity contribution in [3.8, 4) is 16.9 Å². The Labute approximate surface area is 115 Å². The van der Waals surface area contributed by atoms with Gasteiger partial charge in [0.05, 0.1) is 0 Å². The number of benzene rings is 2. The Bertz CT molecular complexity index is 601. The molecule has 0 amide bonds. The van der Waals surface area contributed by atoms with Gasteiger partial charge >= 0.3 is 5.97 Å². The van der Waals surface area contributed by atoms with Crippen molar-refractivity contribution in [3.63, 3.8) is 0 Å². The van der Waals surface area contributed by atoms with Crippen LogP contribution in [-0.4, -0.2) is 5.97 Å². The molecule has 2 aromatic rings. The molecule has 0 atom stereocenters. The van der Waals surface area contributed by atoms with Gasteiger partial charge < -0.3 is 4.74 Å². The minimum atomic E-state index is -2.47. The van der Waals surface area contributed by atoms with Crippen LogP contribution in [0.5, 0.6) is 5.75 Å². The van der Waals surface area contributed by atoms with Gasteiger partial charge in [-0.15, -0.1) is 0 Å². The molecule has 0 heterocycles. The van der Waals surface area contributed by atoms with E-state index in [0.717, 1.165) is 17.2 Å². The smallest absolute Gasteiger partial charge is 0.335 e. The molecule has 0 aliphatic rings. The maximum Gasteiger partial charge on any atom is 0.335 e. The van der Waals surface area contributed by atoms with Gasteiger partial charge in [-0.05, 0) is 23.3 Å². The first kappa shape index (κ1) is 13.9. The van der Waals surface area contributed by atoms with Gasteiger partial charge in [-0.3, -0.25) is 0 Å². The van der Waals surface area contributed by atoms with E-state index in [1.54, 1.807) is 36.4 Å². The summed E-state index contributed by atoms with van der Waals surface area (Å²) in [6.45, 7) is 3.31. The highest BCUT2D eigenvalue weighted by Gasteiger charge is 2.07. The summed E-state index contributed by atoms with van der Waals surface area (Å²) in [4.78, 5) is 11.0. The van der Waals surface area contributed by atoms with E-state index in [4.69, 9.17) is 4.74 Å². The van der Waals surface area contributed by atoms with Crippen LogP contribution >= 0.6 is 0 Å². The monoisotopic (exact) mass is 274 g/mol. The number of carbonyl (C=O) groups is 1. The average Bonchev–Trinajstić information content (AvgIpc) is 2.48. The zero-order valence-electron chi connectivity index (χ0n) is 10.6. The first-order chi connectivity index (χ1) is 9.60. The number of esters is 1. The topological polar surface area (TPSA) is 26.3 Å². The van der Waals surface area contributed by atoms with Crippen LogP contribution in [0.1, 0.15) is 12.0 Å². The molecule has 0 saturated carbocycles. The Morgan fingerprint density at radius 3 is 1.95 bits per heavy atom. The molecule has 102 valence electrons. The van der Waals surface area contributed by atoms with Crippen molar-refractivity contribution in [2.24, 2.45) is 0 Å². The normalized spacial score (nSPS) is 10.3. The van der Waals surface area contributed by atoms with E-state index in [-0.39, 0.29) is 5.56 Å². The predicted molar refractivity (Wildman–Crippen MR) is 72.7 cm³/mol. The summed E-state index contributed by atoms with van der Waals surface area (Å²) in [7, 11) is 0. The van der Waals surface area contributed by atoms with Gasteiger partial charge in [-0.1, -0.05) is 43.0 Å². The maximum absolute atomic E-state index is 12.5. The molecule has 0 unspecified atom stereocenters. The van der Waals surface area contributed by atoms with Crippen LogP contribution in [-0.2, 0) is 4.79 Å². The Morgan fingerprint density at radius 1 is 1.00 bits per heavy atom. The Hall–Kier alpha value is -2.49. The number of alkyl halides is 2. The molecule has 0 aliphatic carbocycles. The number of halogens is 2. The van der Waals surface area contributed by atoms with Gasteiger partial charge in [0.15, 0.2) is 0 Å². The summed E-state index contributed by atoms with van der Waals surface area (Å²) >= 11 is 0. The standard InChI is InChI=1S/C16H12F2O2/c1-2-15(19)20-14-9-7-12(8-10-14)11-3-5-13(6-4-11)16(17)18/h2-10,16H,1H2. The zero-order chi connectivity index (χ0) is 14.5. The van der Waals surface area contributed by atoms with Crippen molar-refractivity contribution in [2.45, 2.75) is 6.43 Å². The third-order valence-corrected chi connectivity index (χ3v) is 2.74. The molecule has 2 aromatic carbocycles. The highest BCUT2D eigenvalue weighted by molar-refractivity contribution is 5.83. The quantitative estimate of drug-likeness (QED) is 0.470. The summed E-state index contributed by atoms with van der Waals surface area (Å²) in [6.07, 6.45) is -1.39. The van der Waals surface area contributed by atoms with Gasteiger partial charge in [0.2, 0.25) is 0 Å². The van der Waals surface area contributed by atoms with Crippen molar-refractivity contribution in [3.05, 3.63) is 66.7 Å². The van der Waals surface area contributed by atoms with E-state index in [1.807, 2.05) is 0 Å². The fraction of sp³-hybridized carbons (Fsp3) is 0.0625. The van der Waals surface area contributed by atoms with Crippen molar-refractivity contribution >= 4 is 5.97 Å². The minimum Gasteiger partial charge on any atom is -0.423 e. The average molecular weight is 274 g/mol. The van der Waals surface area contributed by atoms with Crippen LogP contribution in [0.4, 0.5) is 8.78 Å². The Balaban J connectivity index is 2.17. The maximum atomic E-state index is 12.5. The molecule has 0 bridgehead atoms. The molecule has 0 aliphatic heterocycles. The van der Waals surface area contributed by atoms with E-state index < -0.39 is 12.4 Å². The molecule has 0 spiro atoms. The van der Waals surface area contributed by atoms with Crippen LogP contribution < -0.4 is 4.74 Å². The number of carbonyl (C=O) groups excluding carboxylic acids is 1. The van der Waals surface area contributed by atoms with Crippen LogP contribution in [0.3, 0.4) is 0 Å². The second kappa shape index (κ2) is 6.10. The first-order valence-electron chi connectivity index (χ1n) is 5.93. The molecule has 0 radical (unpaired) electrons. The summed E-state index contributed by atoms with van der Waals surface area (Å²) < 4.78 is 29.9. The van der Waals surface area contributed by atoms with Crippen molar-refractivity contribution in [1.29, 1.82) is 0 Å². The molecular formula is C16H12F2O2. The lowest BCUT2D eigenvalue weighted by Gasteiger charge is -2.05. The summed E-state index contributed by atoms with van der Waals surface area (Å²) in [5.41, 5.74) is 1.66. The van der Waals surface area contributed by atoms with Gasteiger partial charge in [0, 0.05) is 11.6 Å². The van der Waals surface area contributed by atoms with E-state index in [0.29, 0.717) is 5.75 Å². The largest absolute Gasteiger partial charge is 0.423 e. The summed E-state index contributed by atoms with van der Waals surface area (Å²) in [6, 6.07) is 12.8. The first-order valence-corrected chi connectivity index (χ1v) is 5.93. The number of hydrogen-bond acceptors (Lipinski definition) is 2. The highest BCUT2D eigenvalue weighted by atomic mass is 19.3. The molecule has 4 heteroatoms.